The van der Waals surface area contributed by atoms with Gasteiger partial charge in [0.1, 0.15) is 6.20 Å². The van der Waals surface area contributed by atoms with Crippen LogP contribution in [0.2, 0.25) is 0 Å². The molecule has 0 radical (unpaired) electrons. The van der Waals surface area contributed by atoms with Gasteiger partial charge in [-0.25, -0.2) is 4.98 Å². The van der Waals surface area contributed by atoms with E-state index in [0.29, 0.717) is 38.3 Å². The molecule has 1 aliphatic rings. The Bertz CT molecular complexity index is 596. The zero-order chi connectivity index (χ0) is 18.4. The number of pyridine rings is 1. The molecule has 2 rings (SSSR count). The lowest BCUT2D eigenvalue weighted by atomic mass is 9.96. The van der Waals surface area contributed by atoms with Gasteiger partial charge in [-0.2, -0.15) is 13.2 Å². The lowest BCUT2D eigenvalue weighted by molar-refractivity contribution is -0.367. The molecule has 2 heterocycles. The number of H-pyrrole nitrogens is 1. The first-order valence-electron chi connectivity index (χ1n) is 8.19. The van der Waals surface area contributed by atoms with Crippen molar-refractivity contribution >= 4 is 17.6 Å². The van der Waals surface area contributed by atoms with Gasteiger partial charge >= 0.3 is 6.18 Å². The first-order valence-corrected chi connectivity index (χ1v) is 8.19. The van der Waals surface area contributed by atoms with Crippen LogP contribution >= 0.6 is 0 Å². The van der Waals surface area contributed by atoms with Gasteiger partial charge in [0.25, 0.3) is 5.82 Å². The number of nitrogens with zero attached hydrogens (tertiary/aromatic N) is 1. The Morgan fingerprint density at radius 1 is 1.24 bits per heavy atom. The second kappa shape index (κ2) is 8.17. The number of piperidine rings is 1. The molecule has 2 amide bonds. The number of alkyl halides is 3. The summed E-state index contributed by atoms with van der Waals surface area (Å²) in [7, 11) is 0. The third-order valence-corrected chi connectivity index (χ3v) is 4.13. The number of carbonyl (C=O) groups excluding carboxylic acids is 2. The largest absolute Gasteiger partial charge is 0.419 e. The van der Waals surface area contributed by atoms with Crippen LogP contribution in [0.3, 0.4) is 0 Å². The van der Waals surface area contributed by atoms with Crippen molar-refractivity contribution in [1.29, 1.82) is 0 Å². The monoisotopic (exact) mass is 359 g/mol. The van der Waals surface area contributed by atoms with E-state index in [1.54, 1.807) is 6.92 Å². The second-order valence-electron chi connectivity index (χ2n) is 5.89. The number of amides is 2. The summed E-state index contributed by atoms with van der Waals surface area (Å²) in [5.41, 5.74) is -0.726. The third kappa shape index (κ3) is 5.33. The molecule has 0 saturated carbocycles. The van der Waals surface area contributed by atoms with E-state index < -0.39 is 11.7 Å². The van der Waals surface area contributed by atoms with E-state index in [4.69, 9.17) is 0 Å². The predicted molar refractivity (Wildman–Crippen MR) is 84.6 cm³/mol. The van der Waals surface area contributed by atoms with Gasteiger partial charge in [-0.05, 0) is 25.8 Å². The number of carbonyl (C=O) groups is 2. The maximum atomic E-state index is 12.6. The van der Waals surface area contributed by atoms with E-state index in [-0.39, 0.29) is 24.3 Å². The summed E-state index contributed by atoms with van der Waals surface area (Å²) in [6, 6.07) is 2.44. The highest BCUT2D eigenvalue weighted by atomic mass is 19.4. The lowest BCUT2D eigenvalue weighted by Gasteiger charge is -2.27. The molecule has 0 aliphatic carbocycles. The number of halogens is 3. The SMILES string of the molecule is CCNC(=O)CNC(=O)C1CCN(c2ccc(C(F)(F)F)c[nH+]2)CC1. The van der Waals surface area contributed by atoms with Crippen molar-refractivity contribution in [2.24, 2.45) is 5.92 Å². The first-order chi connectivity index (χ1) is 11.8. The van der Waals surface area contributed by atoms with Crippen LogP contribution in [0.5, 0.6) is 0 Å². The fraction of sp³-hybridized carbons (Fsp3) is 0.562. The van der Waals surface area contributed by atoms with Crippen molar-refractivity contribution in [2.75, 3.05) is 31.1 Å². The standard InChI is InChI=1S/C16H21F3N4O2/c1-2-20-14(24)10-22-15(25)11-5-7-23(8-6-11)13-4-3-12(9-21-13)16(17,18)19/h3-4,9,11H,2,5-8,10H2,1H3,(H,20,24)(H,22,25)/p+1. The third-order valence-electron chi connectivity index (χ3n) is 4.13. The molecular formula is C16H22F3N4O2+. The minimum atomic E-state index is -4.37. The number of anilines is 1. The molecular weight excluding hydrogens is 337 g/mol. The smallest absolute Gasteiger partial charge is 0.355 e. The molecule has 3 N–H and O–H groups in total. The van der Waals surface area contributed by atoms with Crippen molar-refractivity contribution in [3.63, 3.8) is 0 Å². The van der Waals surface area contributed by atoms with Gasteiger partial charge in [-0.15, -0.1) is 0 Å². The predicted octanol–water partition coefficient (Wildman–Crippen LogP) is 0.988. The highest BCUT2D eigenvalue weighted by Crippen LogP contribution is 2.29. The fourth-order valence-corrected chi connectivity index (χ4v) is 2.74. The number of aromatic amines is 1. The molecule has 0 aromatic carbocycles. The summed E-state index contributed by atoms with van der Waals surface area (Å²) in [5.74, 6) is 0.00393. The van der Waals surface area contributed by atoms with Crippen molar-refractivity contribution in [3.05, 3.63) is 23.9 Å². The van der Waals surface area contributed by atoms with Crippen LogP contribution in [0.1, 0.15) is 25.3 Å². The summed E-state index contributed by atoms with van der Waals surface area (Å²) < 4.78 is 37.7. The molecule has 138 valence electrons. The number of rotatable bonds is 5. The summed E-state index contributed by atoms with van der Waals surface area (Å²) in [4.78, 5) is 28.0. The van der Waals surface area contributed by atoms with Gasteiger partial charge in [0, 0.05) is 18.5 Å². The highest BCUT2D eigenvalue weighted by molar-refractivity contribution is 5.85. The van der Waals surface area contributed by atoms with Crippen LogP contribution in [-0.2, 0) is 15.8 Å². The topological polar surface area (TPSA) is 75.6 Å². The fourth-order valence-electron chi connectivity index (χ4n) is 2.74. The van der Waals surface area contributed by atoms with Crippen LogP contribution in [-0.4, -0.2) is 38.0 Å². The molecule has 0 unspecified atom stereocenters. The number of hydrogen-bond acceptors (Lipinski definition) is 3. The first kappa shape index (κ1) is 19.0. The van der Waals surface area contributed by atoms with Crippen molar-refractivity contribution in [3.8, 4) is 0 Å². The van der Waals surface area contributed by atoms with E-state index >= 15 is 0 Å². The molecule has 25 heavy (non-hydrogen) atoms. The summed E-state index contributed by atoms with van der Waals surface area (Å²) >= 11 is 0. The molecule has 1 aromatic rings. The molecule has 1 aromatic heterocycles. The molecule has 0 spiro atoms. The minimum Gasteiger partial charge on any atom is -0.355 e. The lowest BCUT2D eigenvalue weighted by Crippen LogP contribution is -2.44. The van der Waals surface area contributed by atoms with Gasteiger partial charge < -0.3 is 10.6 Å². The van der Waals surface area contributed by atoms with E-state index in [9.17, 15) is 22.8 Å². The van der Waals surface area contributed by atoms with Crippen LogP contribution in [0, 0.1) is 5.92 Å². The van der Waals surface area contributed by atoms with E-state index in [2.05, 4.69) is 15.6 Å². The zero-order valence-electron chi connectivity index (χ0n) is 13.9. The number of likely N-dealkylation sites (N-methyl/N-ethyl adjacent to an activating group) is 1. The molecule has 1 fully saturated rings. The van der Waals surface area contributed by atoms with Crippen LogP contribution in [0.4, 0.5) is 19.0 Å². The molecule has 1 saturated heterocycles. The van der Waals surface area contributed by atoms with Gasteiger partial charge in [0.15, 0.2) is 0 Å². The van der Waals surface area contributed by atoms with Gasteiger partial charge in [-0.1, -0.05) is 0 Å². The van der Waals surface area contributed by atoms with Gasteiger partial charge in [-0.3, -0.25) is 14.5 Å². The quantitative estimate of drug-likeness (QED) is 0.823. The summed E-state index contributed by atoms with van der Waals surface area (Å²) in [5, 5.41) is 5.21. The minimum absolute atomic E-state index is 0.0421. The Morgan fingerprint density at radius 2 is 1.92 bits per heavy atom. The molecule has 0 atom stereocenters. The molecule has 0 bridgehead atoms. The zero-order valence-corrected chi connectivity index (χ0v) is 13.9. The van der Waals surface area contributed by atoms with Crippen molar-refractivity contribution in [2.45, 2.75) is 25.9 Å². The van der Waals surface area contributed by atoms with Crippen LogP contribution in [0.25, 0.3) is 0 Å². The maximum Gasteiger partial charge on any atom is 0.419 e. The highest BCUT2D eigenvalue weighted by Gasteiger charge is 2.33. The Hall–Kier alpha value is -2.32. The average Bonchev–Trinajstić information content (AvgIpc) is 2.59. The van der Waals surface area contributed by atoms with Crippen molar-refractivity contribution < 1.29 is 27.7 Å². The summed E-state index contributed by atoms with van der Waals surface area (Å²) in [6.07, 6.45) is -2.27. The maximum absolute atomic E-state index is 12.6. The molecule has 6 nitrogen and oxygen atoms in total. The molecule has 9 heteroatoms. The van der Waals surface area contributed by atoms with E-state index in [0.717, 1.165) is 12.3 Å². The average molecular weight is 359 g/mol. The van der Waals surface area contributed by atoms with Gasteiger partial charge in [0.2, 0.25) is 11.8 Å². The Kier molecular flexibility index (Phi) is 6.22. The number of nitrogens with one attached hydrogen (secondary N) is 3. The summed E-state index contributed by atoms with van der Waals surface area (Å²) in [6.45, 7) is 3.38. The van der Waals surface area contributed by atoms with Crippen LogP contribution < -0.4 is 20.5 Å². The van der Waals surface area contributed by atoms with E-state index in [1.165, 1.54) is 6.07 Å². The Balaban J connectivity index is 1.83. The number of hydrogen-bond donors (Lipinski definition) is 2. The normalized spacial score (nSPS) is 15.8. The van der Waals surface area contributed by atoms with Gasteiger partial charge in [0.05, 0.1) is 25.2 Å². The second-order valence-corrected chi connectivity index (χ2v) is 5.89. The van der Waals surface area contributed by atoms with E-state index in [1.807, 2.05) is 4.90 Å². The Labute approximate surface area is 143 Å². The Morgan fingerprint density at radius 3 is 2.44 bits per heavy atom. The van der Waals surface area contributed by atoms with Crippen LogP contribution in [0.15, 0.2) is 18.3 Å². The van der Waals surface area contributed by atoms with Crippen molar-refractivity contribution in [1.82, 2.24) is 10.6 Å². The molecule has 1 aliphatic heterocycles. The number of aromatic nitrogens is 1.